The first-order chi connectivity index (χ1) is 11.6. The van der Waals surface area contributed by atoms with Crippen LogP contribution in [0.4, 0.5) is 8.78 Å². The molecule has 1 unspecified atom stereocenters. The van der Waals surface area contributed by atoms with E-state index in [1.165, 1.54) is 11.8 Å². The van der Waals surface area contributed by atoms with Crippen LogP contribution < -0.4 is 4.74 Å². The zero-order valence-corrected chi connectivity index (χ0v) is 14.0. The summed E-state index contributed by atoms with van der Waals surface area (Å²) < 4.78 is 33.0. The summed E-state index contributed by atoms with van der Waals surface area (Å²) in [5.41, 5.74) is 1.04. The number of carbonyl (C=O) groups excluding carboxylic acids is 1. The number of amides is 1. The van der Waals surface area contributed by atoms with Crippen molar-refractivity contribution in [1.29, 1.82) is 0 Å². The van der Waals surface area contributed by atoms with Crippen LogP contribution in [0.2, 0.25) is 0 Å². The molecule has 1 amide bonds. The van der Waals surface area contributed by atoms with Crippen LogP contribution in [0, 0.1) is 11.6 Å². The highest BCUT2D eigenvalue weighted by atomic mass is 32.2. The average molecular weight is 349 g/mol. The van der Waals surface area contributed by atoms with Gasteiger partial charge in [0.25, 0.3) is 0 Å². The second kappa shape index (κ2) is 7.21. The van der Waals surface area contributed by atoms with Crippen molar-refractivity contribution in [3.63, 3.8) is 0 Å². The van der Waals surface area contributed by atoms with E-state index in [2.05, 4.69) is 0 Å². The van der Waals surface area contributed by atoms with E-state index in [4.69, 9.17) is 4.74 Å². The Labute approximate surface area is 143 Å². The molecule has 0 radical (unpaired) electrons. The van der Waals surface area contributed by atoms with Crippen LogP contribution in [-0.4, -0.2) is 23.2 Å². The molecular formula is C18H17F2NO2S. The Morgan fingerprint density at radius 3 is 2.83 bits per heavy atom. The van der Waals surface area contributed by atoms with Gasteiger partial charge in [0, 0.05) is 11.1 Å². The van der Waals surface area contributed by atoms with Crippen molar-refractivity contribution in [3.8, 4) is 5.75 Å². The molecule has 6 heteroatoms. The third-order valence-corrected chi connectivity index (χ3v) is 5.04. The molecule has 0 N–H and O–H groups in total. The fraction of sp³-hybridized carbons (Fsp3) is 0.278. The first-order valence-electron chi connectivity index (χ1n) is 7.67. The first kappa shape index (κ1) is 16.8. The van der Waals surface area contributed by atoms with Crippen LogP contribution in [0.1, 0.15) is 23.4 Å². The Kier molecular flexibility index (Phi) is 5.04. The quantitative estimate of drug-likeness (QED) is 0.813. The normalized spacial score (nSPS) is 17.4. The van der Waals surface area contributed by atoms with E-state index < -0.39 is 11.6 Å². The lowest BCUT2D eigenvalue weighted by molar-refractivity contribution is -0.128. The van der Waals surface area contributed by atoms with Gasteiger partial charge in [0.15, 0.2) is 0 Å². The highest BCUT2D eigenvalue weighted by Gasteiger charge is 2.34. The number of hydrogen-bond acceptors (Lipinski definition) is 3. The summed E-state index contributed by atoms with van der Waals surface area (Å²) in [6.45, 7) is 2.44. The topological polar surface area (TPSA) is 29.5 Å². The number of para-hydroxylation sites is 1. The molecule has 0 aromatic heterocycles. The van der Waals surface area contributed by atoms with Gasteiger partial charge in [-0.25, -0.2) is 8.78 Å². The van der Waals surface area contributed by atoms with E-state index in [0.29, 0.717) is 18.1 Å². The first-order valence-corrected chi connectivity index (χ1v) is 8.71. The molecule has 1 fully saturated rings. The standard InChI is InChI=1S/C18H17F2NO2S/c1-2-23-16-6-4-3-5-14(16)18-21(17(22)11-24-18)10-12-9-13(19)7-8-15(12)20/h3-9,18H,2,10-11H2,1H3. The Morgan fingerprint density at radius 1 is 1.25 bits per heavy atom. The van der Waals surface area contributed by atoms with E-state index in [0.717, 1.165) is 23.8 Å². The van der Waals surface area contributed by atoms with Crippen LogP contribution >= 0.6 is 11.8 Å². The van der Waals surface area contributed by atoms with E-state index in [-0.39, 0.29) is 23.4 Å². The number of carbonyl (C=O) groups is 1. The largest absolute Gasteiger partial charge is 0.493 e. The second-order valence-corrected chi connectivity index (χ2v) is 6.46. The molecule has 1 aliphatic rings. The van der Waals surface area contributed by atoms with Crippen molar-refractivity contribution < 1.29 is 18.3 Å². The van der Waals surface area contributed by atoms with Crippen LogP contribution in [-0.2, 0) is 11.3 Å². The summed E-state index contributed by atoms with van der Waals surface area (Å²) in [5.74, 6) is -0.117. The molecule has 3 rings (SSSR count). The molecule has 1 saturated heterocycles. The van der Waals surface area contributed by atoms with Crippen molar-refractivity contribution in [2.45, 2.75) is 18.8 Å². The van der Waals surface area contributed by atoms with Gasteiger partial charge < -0.3 is 9.64 Å². The van der Waals surface area contributed by atoms with Gasteiger partial charge in [0.05, 0.1) is 18.9 Å². The maximum absolute atomic E-state index is 13.9. The van der Waals surface area contributed by atoms with Crippen LogP contribution in [0.3, 0.4) is 0 Å². The average Bonchev–Trinajstić information content (AvgIpc) is 2.93. The van der Waals surface area contributed by atoms with Gasteiger partial charge >= 0.3 is 0 Å². The minimum absolute atomic E-state index is 0.0283. The minimum Gasteiger partial charge on any atom is -0.493 e. The molecule has 0 spiro atoms. The van der Waals surface area contributed by atoms with Gasteiger partial charge in [0.1, 0.15) is 22.8 Å². The molecule has 1 atom stereocenters. The van der Waals surface area contributed by atoms with Crippen LogP contribution in [0.25, 0.3) is 0 Å². The third-order valence-electron chi connectivity index (χ3n) is 3.80. The highest BCUT2D eigenvalue weighted by Crippen LogP contribution is 2.43. The summed E-state index contributed by atoms with van der Waals surface area (Å²) in [5, 5.41) is -0.275. The van der Waals surface area contributed by atoms with E-state index in [1.54, 1.807) is 4.90 Å². The van der Waals surface area contributed by atoms with Crippen LogP contribution in [0.5, 0.6) is 5.75 Å². The molecule has 24 heavy (non-hydrogen) atoms. The van der Waals surface area contributed by atoms with Crippen molar-refractivity contribution in [1.82, 2.24) is 4.90 Å². The number of ether oxygens (including phenoxy) is 1. The molecule has 0 bridgehead atoms. The van der Waals surface area contributed by atoms with E-state index in [9.17, 15) is 13.6 Å². The van der Waals surface area contributed by atoms with Gasteiger partial charge in [-0.2, -0.15) is 0 Å². The highest BCUT2D eigenvalue weighted by molar-refractivity contribution is 8.00. The Morgan fingerprint density at radius 2 is 2.04 bits per heavy atom. The Bertz CT molecular complexity index is 754. The van der Waals surface area contributed by atoms with E-state index in [1.807, 2.05) is 31.2 Å². The molecule has 2 aromatic rings. The molecule has 0 aliphatic carbocycles. The predicted octanol–water partition coefficient (Wildman–Crippen LogP) is 4.14. The molecule has 2 aromatic carbocycles. The fourth-order valence-electron chi connectivity index (χ4n) is 2.70. The number of benzene rings is 2. The van der Waals surface area contributed by atoms with Gasteiger partial charge in [-0.15, -0.1) is 11.8 Å². The van der Waals surface area contributed by atoms with E-state index >= 15 is 0 Å². The predicted molar refractivity (Wildman–Crippen MR) is 89.7 cm³/mol. The summed E-state index contributed by atoms with van der Waals surface area (Å²) >= 11 is 1.46. The van der Waals surface area contributed by atoms with Gasteiger partial charge in [-0.05, 0) is 31.2 Å². The number of nitrogens with zero attached hydrogens (tertiary/aromatic N) is 1. The maximum Gasteiger partial charge on any atom is 0.234 e. The van der Waals surface area contributed by atoms with Gasteiger partial charge in [0.2, 0.25) is 5.91 Å². The fourth-order valence-corrected chi connectivity index (χ4v) is 3.91. The molecule has 1 aliphatic heterocycles. The molecular weight excluding hydrogens is 332 g/mol. The maximum atomic E-state index is 13.9. The number of thioether (sulfide) groups is 1. The lowest BCUT2D eigenvalue weighted by atomic mass is 10.1. The Hall–Kier alpha value is -2.08. The molecule has 1 heterocycles. The molecule has 0 saturated carbocycles. The summed E-state index contributed by atoms with van der Waals surface area (Å²) in [6.07, 6.45) is 0. The monoisotopic (exact) mass is 349 g/mol. The van der Waals surface area contributed by atoms with Gasteiger partial charge in [-0.3, -0.25) is 4.79 Å². The van der Waals surface area contributed by atoms with Gasteiger partial charge in [-0.1, -0.05) is 18.2 Å². The zero-order valence-electron chi connectivity index (χ0n) is 13.2. The van der Waals surface area contributed by atoms with Crippen molar-refractivity contribution in [2.75, 3.05) is 12.4 Å². The summed E-state index contributed by atoms with van der Waals surface area (Å²) in [7, 11) is 0. The SMILES string of the molecule is CCOc1ccccc1C1SCC(=O)N1Cc1cc(F)ccc1F. The Balaban J connectivity index is 1.91. The summed E-state index contributed by atoms with van der Waals surface area (Å²) in [6, 6.07) is 10.8. The second-order valence-electron chi connectivity index (χ2n) is 5.39. The summed E-state index contributed by atoms with van der Waals surface area (Å²) in [4.78, 5) is 13.8. The minimum atomic E-state index is -0.517. The smallest absolute Gasteiger partial charge is 0.234 e. The lowest BCUT2D eigenvalue weighted by Crippen LogP contribution is -2.28. The van der Waals surface area contributed by atoms with Crippen molar-refractivity contribution >= 4 is 17.7 Å². The molecule has 126 valence electrons. The van der Waals surface area contributed by atoms with Crippen molar-refractivity contribution in [3.05, 3.63) is 65.2 Å². The van der Waals surface area contributed by atoms with Crippen molar-refractivity contribution in [2.24, 2.45) is 0 Å². The molecule has 3 nitrogen and oxygen atoms in total. The number of halogens is 2. The number of rotatable bonds is 5. The number of hydrogen-bond donors (Lipinski definition) is 0. The van der Waals surface area contributed by atoms with Crippen LogP contribution in [0.15, 0.2) is 42.5 Å². The zero-order chi connectivity index (χ0) is 17.1. The lowest BCUT2D eigenvalue weighted by Gasteiger charge is -2.26. The third kappa shape index (κ3) is 3.38.